The molecule has 2 N–H and O–H groups in total. The smallest absolute Gasteiger partial charge is 0.393 e. The lowest BCUT2D eigenvalue weighted by Crippen LogP contribution is -2.25. The van der Waals surface area contributed by atoms with Gasteiger partial charge in [0.25, 0.3) is 5.91 Å². The molecule has 0 radical (unpaired) electrons. The van der Waals surface area contributed by atoms with Crippen molar-refractivity contribution in [2.24, 2.45) is 5.10 Å². The van der Waals surface area contributed by atoms with Gasteiger partial charge in [-0.05, 0) is 18.6 Å². The highest BCUT2D eigenvalue weighted by Crippen LogP contribution is 1.95. The fraction of sp³-hybridized carbons (Fsp3) is 0.273. The van der Waals surface area contributed by atoms with Crippen LogP contribution in [0, 0.1) is 0 Å². The van der Waals surface area contributed by atoms with E-state index in [1.165, 1.54) is 24.5 Å². The van der Waals surface area contributed by atoms with Gasteiger partial charge in [0.2, 0.25) is 0 Å². The summed E-state index contributed by atoms with van der Waals surface area (Å²) in [5, 5.41) is 12.2. The Morgan fingerprint density at radius 3 is 2.67 bits per heavy atom. The van der Waals surface area contributed by atoms with E-state index in [-0.39, 0.29) is 6.61 Å². The second kappa shape index (κ2) is 7.00. The Morgan fingerprint density at radius 2 is 2.11 bits per heavy atom. The Morgan fingerprint density at radius 1 is 1.44 bits per heavy atom. The number of carboxylic acids is 1. The molecule has 1 aromatic rings. The Balaban J connectivity index is 2.65. The number of carboxylic acid groups (broad SMARTS) is 1. The van der Waals surface area contributed by atoms with Crippen molar-refractivity contribution in [1.82, 2.24) is 10.4 Å². The van der Waals surface area contributed by atoms with E-state index in [1.54, 1.807) is 0 Å². The van der Waals surface area contributed by atoms with Gasteiger partial charge >= 0.3 is 11.9 Å². The van der Waals surface area contributed by atoms with Crippen LogP contribution in [0.3, 0.4) is 0 Å². The minimum Gasteiger partial charge on any atom is -0.474 e. The summed E-state index contributed by atoms with van der Waals surface area (Å²) in [7, 11) is 0. The number of amides is 1. The Bertz CT molecular complexity index is 445. The van der Waals surface area contributed by atoms with Crippen molar-refractivity contribution >= 4 is 17.8 Å². The van der Waals surface area contributed by atoms with Gasteiger partial charge in [-0.25, -0.2) is 10.2 Å². The molecule has 0 unspecified atom stereocenters. The number of aliphatic carboxylic acids is 1. The molecule has 1 amide bonds. The number of nitrogens with one attached hydrogen (secondary N) is 1. The summed E-state index contributed by atoms with van der Waals surface area (Å²) in [5.74, 6) is -2.41. The van der Waals surface area contributed by atoms with Gasteiger partial charge in [0, 0.05) is 18.0 Å². The van der Waals surface area contributed by atoms with Gasteiger partial charge in [-0.3, -0.25) is 9.78 Å². The number of nitrogens with zero attached hydrogens (tertiary/aromatic N) is 2. The van der Waals surface area contributed by atoms with Gasteiger partial charge in [-0.1, -0.05) is 6.92 Å². The summed E-state index contributed by atoms with van der Waals surface area (Å²) >= 11 is 0. The molecule has 0 spiro atoms. The second-order valence-electron chi connectivity index (χ2n) is 3.25. The van der Waals surface area contributed by atoms with E-state index >= 15 is 0 Å². The van der Waals surface area contributed by atoms with Gasteiger partial charge in [-0.15, -0.1) is 5.10 Å². The van der Waals surface area contributed by atoms with Crippen molar-refractivity contribution in [3.05, 3.63) is 30.1 Å². The van der Waals surface area contributed by atoms with Crippen molar-refractivity contribution in [2.45, 2.75) is 13.3 Å². The van der Waals surface area contributed by atoms with E-state index in [0.717, 1.165) is 0 Å². The fourth-order valence-corrected chi connectivity index (χ4v) is 1.01. The predicted molar refractivity (Wildman–Crippen MR) is 63.0 cm³/mol. The maximum Gasteiger partial charge on any atom is 0.393 e. The summed E-state index contributed by atoms with van der Waals surface area (Å²) in [5.41, 5.74) is 2.43. The quantitative estimate of drug-likeness (QED) is 0.464. The maximum atomic E-state index is 11.6. The second-order valence-corrected chi connectivity index (χ2v) is 3.25. The van der Waals surface area contributed by atoms with E-state index in [2.05, 4.69) is 15.5 Å². The molecule has 0 aromatic carbocycles. The highest BCUT2D eigenvalue weighted by Gasteiger charge is 2.12. The van der Waals surface area contributed by atoms with Crippen LogP contribution in [0.15, 0.2) is 29.6 Å². The zero-order valence-corrected chi connectivity index (χ0v) is 9.79. The van der Waals surface area contributed by atoms with Crippen molar-refractivity contribution in [2.75, 3.05) is 6.61 Å². The summed E-state index contributed by atoms with van der Waals surface area (Å²) in [6.45, 7) is 2.05. The third-order valence-electron chi connectivity index (χ3n) is 1.83. The van der Waals surface area contributed by atoms with Crippen LogP contribution < -0.4 is 5.43 Å². The van der Waals surface area contributed by atoms with Gasteiger partial charge in [0.15, 0.2) is 0 Å². The van der Waals surface area contributed by atoms with Gasteiger partial charge < -0.3 is 9.84 Å². The first-order valence-electron chi connectivity index (χ1n) is 5.29. The molecule has 0 aliphatic heterocycles. The van der Waals surface area contributed by atoms with Crippen LogP contribution in [0.5, 0.6) is 0 Å². The molecular formula is C11H13N3O4. The van der Waals surface area contributed by atoms with Crippen molar-refractivity contribution < 1.29 is 19.4 Å². The van der Waals surface area contributed by atoms with Crippen LogP contribution in [-0.2, 0) is 9.53 Å². The Kier molecular flexibility index (Phi) is 5.30. The zero-order chi connectivity index (χ0) is 13.4. The molecule has 0 aliphatic carbocycles. The SMILES string of the molecule is CCCO/C(=N\NC(=O)c1ccncc1)C(=O)O. The third-order valence-corrected chi connectivity index (χ3v) is 1.83. The van der Waals surface area contributed by atoms with E-state index in [4.69, 9.17) is 9.84 Å². The number of hydrogen-bond acceptors (Lipinski definition) is 5. The molecule has 96 valence electrons. The van der Waals surface area contributed by atoms with Gasteiger partial charge in [-0.2, -0.15) is 0 Å². The summed E-state index contributed by atoms with van der Waals surface area (Å²) in [6, 6.07) is 2.97. The number of hydrazone groups is 1. The topological polar surface area (TPSA) is 101 Å². The molecule has 7 nitrogen and oxygen atoms in total. The minimum absolute atomic E-state index is 0.219. The van der Waals surface area contributed by atoms with Crippen LogP contribution in [0.1, 0.15) is 23.7 Å². The molecule has 7 heteroatoms. The van der Waals surface area contributed by atoms with Gasteiger partial charge in [0.05, 0.1) is 6.61 Å². The lowest BCUT2D eigenvalue weighted by molar-refractivity contribution is -0.131. The standard InChI is InChI=1S/C11H13N3O4/c1-2-7-18-10(11(16)17)14-13-9(15)8-3-5-12-6-4-8/h3-6H,2,7H2,1H3,(H,13,15)(H,16,17)/b14-10-. The van der Waals surface area contributed by atoms with E-state index < -0.39 is 17.8 Å². The molecule has 0 atom stereocenters. The molecule has 0 fully saturated rings. The van der Waals surface area contributed by atoms with Crippen molar-refractivity contribution in [3.63, 3.8) is 0 Å². The monoisotopic (exact) mass is 251 g/mol. The van der Waals surface area contributed by atoms with Crippen LogP contribution in [-0.4, -0.2) is 34.5 Å². The summed E-state index contributed by atoms with van der Waals surface area (Å²) in [6.07, 6.45) is 3.54. The Labute approximate surface area is 103 Å². The number of pyridine rings is 1. The molecular weight excluding hydrogens is 238 g/mol. The average Bonchev–Trinajstić information content (AvgIpc) is 2.39. The van der Waals surface area contributed by atoms with E-state index in [9.17, 15) is 9.59 Å². The normalized spacial score (nSPS) is 10.8. The number of hydrogen-bond donors (Lipinski definition) is 2. The first kappa shape index (κ1) is 13.6. The zero-order valence-electron chi connectivity index (χ0n) is 9.79. The lowest BCUT2D eigenvalue weighted by atomic mass is 10.3. The summed E-state index contributed by atoms with van der Waals surface area (Å²) < 4.78 is 4.86. The fourth-order valence-electron chi connectivity index (χ4n) is 1.01. The number of rotatable bonds is 4. The first-order chi connectivity index (χ1) is 8.65. The molecule has 0 bridgehead atoms. The van der Waals surface area contributed by atoms with Crippen LogP contribution in [0.25, 0.3) is 0 Å². The molecule has 1 heterocycles. The van der Waals surface area contributed by atoms with Gasteiger partial charge in [0.1, 0.15) is 0 Å². The highest BCUT2D eigenvalue weighted by atomic mass is 16.5. The molecule has 0 saturated heterocycles. The first-order valence-corrected chi connectivity index (χ1v) is 5.29. The predicted octanol–water partition coefficient (Wildman–Crippen LogP) is 0.636. The number of carbonyl (C=O) groups excluding carboxylic acids is 1. The van der Waals surface area contributed by atoms with E-state index in [0.29, 0.717) is 12.0 Å². The average molecular weight is 251 g/mol. The third kappa shape index (κ3) is 4.20. The molecule has 0 aliphatic rings. The van der Waals surface area contributed by atoms with Crippen LogP contribution in [0.4, 0.5) is 0 Å². The lowest BCUT2D eigenvalue weighted by Gasteiger charge is -2.04. The number of aromatic nitrogens is 1. The maximum absolute atomic E-state index is 11.6. The van der Waals surface area contributed by atoms with Crippen LogP contribution >= 0.6 is 0 Å². The molecule has 1 rings (SSSR count). The molecule has 18 heavy (non-hydrogen) atoms. The Hall–Kier alpha value is -2.44. The van der Waals surface area contributed by atoms with Crippen molar-refractivity contribution in [1.29, 1.82) is 0 Å². The number of carbonyl (C=O) groups is 2. The molecule has 0 saturated carbocycles. The minimum atomic E-state index is -1.33. The summed E-state index contributed by atoms with van der Waals surface area (Å²) in [4.78, 5) is 26.0. The van der Waals surface area contributed by atoms with E-state index in [1.807, 2.05) is 6.92 Å². The largest absolute Gasteiger partial charge is 0.474 e. The highest BCUT2D eigenvalue weighted by molar-refractivity contribution is 6.31. The van der Waals surface area contributed by atoms with Crippen molar-refractivity contribution in [3.8, 4) is 0 Å². The number of ether oxygens (including phenoxy) is 1. The molecule has 1 aromatic heterocycles. The van der Waals surface area contributed by atoms with Crippen LogP contribution in [0.2, 0.25) is 0 Å².